The molecule has 1 aliphatic rings. The number of para-hydroxylation sites is 4. The Bertz CT molecular complexity index is 3330. The molecule has 0 amide bonds. The number of ether oxygens (including phenoxy) is 1. The van der Waals surface area contributed by atoms with Gasteiger partial charge in [-0.25, -0.2) is 13.8 Å². The molecule has 0 N–H and O–H groups in total. The van der Waals surface area contributed by atoms with Gasteiger partial charge in [0.1, 0.15) is 23.1 Å². The van der Waals surface area contributed by atoms with Gasteiger partial charge in [-0.05, 0) is 79.9 Å². The minimum Gasteiger partial charge on any atom is -0.509 e. The average molecular weight is 1020 g/mol. The Hall–Kier alpha value is -6.78. The number of rotatable bonds is 7. The van der Waals surface area contributed by atoms with Crippen molar-refractivity contribution < 1.29 is 34.6 Å². The van der Waals surface area contributed by atoms with E-state index < -0.39 is 11.6 Å². The summed E-state index contributed by atoms with van der Waals surface area (Å²) in [5.74, 6) is 0.563. The Morgan fingerprint density at radius 3 is 1.95 bits per heavy atom. The van der Waals surface area contributed by atoms with Gasteiger partial charge < -0.3 is 9.30 Å². The first-order valence-electron chi connectivity index (χ1n) is 21.1. The number of hydrogen-bond donors (Lipinski definition) is 0. The van der Waals surface area contributed by atoms with E-state index in [1.807, 2.05) is 106 Å². The zero-order valence-electron chi connectivity index (χ0n) is 36.3. The second kappa shape index (κ2) is 16.4. The molecule has 64 heavy (non-hydrogen) atoms. The third kappa shape index (κ3) is 7.80. The maximum absolute atomic E-state index is 14.9. The van der Waals surface area contributed by atoms with E-state index >= 15 is 0 Å². The molecule has 10 rings (SSSR count). The van der Waals surface area contributed by atoms with Crippen molar-refractivity contribution in [1.82, 2.24) is 18.7 Å². The summed E-state index contributed by atoms with van der Waals surface area (Å²) in [5.41, 5.74) is 9.81. The van der Waals surface area contributed by atoms with E-state index in [2.05, 4.69) is 107 Å². The summed E-state index contributed by atoms with van der Waals surface area (Å²) in [5, 5.41) is 2.15. The van der Waals surface area contributed by atoms with Crippen molar-refractivity contribution in [2.75, 3.05) is 0 Å². The van der Waals surface area contributed by atoms with Crippen LogP contribution in [0.2, 0.25) is 0 Å². The summed E-state index contributed by atoms with van der Waals surface area (Å²) in [7, 11) is 0. The van der Waals surface area contributed by atoms with Crippen LogP contribution < -0.4 is 13.9 Å². The Kier molecular flexibility index (Phi) is 10.9. The second-order valence-corrected chi connectivity index (χ2v) is 18.0. The van der Waals surface area contributed by atoms with Crippen molar-refractivity contribution in [3.05, 3.63) is 193 Å². The van der Waals surface area contributed by atoms with Gasteiger partial charge in [0.05, 0.1) is 11.1 Å². The van der Waals surface area contributed by atoms with Crippen LogP contribution >= 0.6 is 0 Å². The van der Waals surface area contributed by atoms with E-state index in [9.17, 15) is 8.78 Å². The minimum absolute atomic E-state index is 0. The number of nitrogens with zero attached hydrogens (tertiary/aromatic N) is 4. The Balaban J connectivity index is 0.00000518. The van der Waals surface area contributed by atoms with Crippen LogP contribution in [0.5, 0.6) is 11.5 Å². The maximum Gasteiger partial charge on any atom is 2.00 e. The minimum atomic E-state index is -0.650. The van der Waals surface area contributed by atoms with Crippen LogP contribution in [0.15, 0.2) is 158 Å². The van der Waals surface area contributed by atoms with E-state index in [4.69, 9.17) is 9.72 Å². The molecule has 9 aromatic rings. The van der Waals surface area contributed by atoms with Crippen LogP contribution in [0.1, 0.15) is 52.7 Å². The molecule has 316 valence electrons. The van der Waals surface area contributed by atoms with Gasteiger partial charge in [-0.2, -0.15) is 6.07 Å². The first-order valence-corrected chi connectivity index (χ1v) is 21.1. The van der Waals surface area contributed by atoms with Crippen molar-refractivity contribution in [3.63, 3.8) is 0 Å². The van der Waals surface area contributed by atoms with Gasteiger partial charge in [0.15, 0.2) is 0 Å². The molecule has 3 heterocycles. The first kappa shape index (κ1) is 42.5. The molecule has 0 saturated carbocycles. The van der Waals surface area contributed by atoms with Gasteiger partial charge >= 0.3 is 27.1 Å². The molecule has 0 saturated heterocycles. The van der Waals surface area contributed by atoms with E-state index in [0.29, 0.717) is 28.3 Å². The number of pyridine rings is 1. The number of aromatic nitrogens is 2. The standard InChI is InChI=1S/C56H44F2N4O.Pt/c1-55(2,3)38-25-26-59-53(31-38)62-49-20-11-10-17-47(49)48-24-23-43(34-52(48)62)63-44-30-39(56(4,5)6)29-42(33-44)60-35-61(51-22-13-12-21-50(51)60)54-45(36-15-8-7-9-16-36)18-14-19-46(54)37-27-40(57)32-41(58)28-37;/h7-32H,1-6H3;/q;+2. The molecule has 5 nitrogen and oxygen atoms in total. The van der Waals surface area contributed by atoms with Crippen LogP contribution in [0, 0.1) is 23.8 Å². The third-order valence-corrected chi connectivity index (χ3v) is 11.6. The molecule has 0 unspecified atom stereocenters. The normalized spacial score (nSPS) is 12.5. The van der Waals surface area contributed by atoms with Gasteiger partial charge in [0, 0.05) is 41.4 Å². The molecule has 0 radical (unpaired) electrons. The fourth-order valence-electron chi connectivity index (χ4n) is 8.42. The van der Waals surface area contributed by atoms with Crippen LogP contribution in [0.4, 0.5) is 31.5 Å². The molecular formula is C56H44F2N4OPt+2. The summed E-state index contributed by atoms with van der Waals surface area (Å²) >= 11 is 0. The molecule has 0 atom stereocenters. The Morgan fingerprint density at radius 2 is 1.23 bits per heavy atom. The number of halogens is 2. The Labute approximate surface area is 386 Å². The summed E-state index contributed by atoms with van der Waals surface area (Å²) in [6.07, 6.45) is 1.87. The molecule has 0 bridgehead atoms. The zero-order chi connectivity index (χ0) is 43.6. The molecule has 0 fully saturated rings. The predicted molar refractivity (Wildman–Crippen MR) is 252 cm³/mol. The van der Waals surface area contributed by atoms with E-state index in [0.717, 1.165) is 67.4 Å². The summed E-state index contributed by atoms with van der Waals surface area (Å²) in [6, 6.07) is 59.1. The smallest absolute Gasteiger partial charge is 0.509 e. The van der Waals surface area contributed by atoms with Crippen molar-refractivity contribution in [2.24, 2.45) is 0 Å². The van der Waals surface area contributed by atoms with Gasteiger partial charge in [0.2, 0.25) is 5.69 Å². The number of benzene rings is 7. The second-order valence-electron chi connectivity index (χ2n) is 18.0. The van der Waals surface area contributed by atoms with E-state index in [-0.39, 0.29) is 31.9 Å². The molecule has 8 heteroatoms. The van der Waals surface area contributed by atoms with Gasteiger partial charge in [0.25, 0.3) is 11.4 Å². The summed E-state index contributed by atoms with van der Waals surface area (Å²) < 4.78 is 42.6. The fraction of sp³-hybridized carbons (Fsp3) is 0.143. The molecule has 2 aromatic heterocycles. The zero-order valence-corrected chi connectivity index (χ0v) is 38.6. The van der Waals surface area contributed by atoms with Gasteiger partial charge in [-0.1, -0.05) is 130 Å². The largest absolute Gasteiger partial charge is 2.00 e. The molecular weight excluding hydrogens is 978 g/mol. The number of fused-ring (bicyclic) bond motifs is 4. The Morgan fingerprint density at radius 1 is 0.578 bits per heavy atom. The van der Waals surface area contributed by atoms with Crippen LogP contribution in [-0.4, -0.2) is 15.6 Å². The molecule has 0 spiro atoms. The number of hydrogen-bond acceptors (Lipinski definition) is 2. The van der Waals surface area contributed by atoms with Gasteiger partial charge in [-0.3, -0.25) is 0 Å². The molecule has 1 aliphatic heterocycles. The van der Waals surface area contributed by atoms with E-state index in [1.165, 1.54) is 17.7 Å². The molecule has 7 aromatic carbocycles. The van der Waals surface area contributed by atoms with E-state index in [1.54, 1.807) is 0 Å². The van der Waals surface area contributed by atoms with Crippen molar-refractivity contribution in [3.8, 4) is 39.6 Å². The van der Waals surface area contributed by atoms with Crippen molar-refractivity contribution in [2.45, 2.75) is 52.4 Å². The maximum atomic E-state index is 14.9. The van der Waals surface area contributed by atoms with Crippen LogP contribution in [0.3, 0.4) is 0 Å². The van der Waals surface area contributed by atoms with Crippen molar-refractivity contribution >= 4 is 50.6 Å². The van der Waals surface area contributed by atoms with Gasteiger partial charge in [-0.15, -0.1) is 29.1 Å². The summed E-state index contributed by atoms with van der Waals surface area (Å²) in [6.45, 7) is 13.1. The fourth-order valence-corrected chi connectivity index (χ4v) is 8.42. The molecule has 0 aliphatic carbocycles. The van der Waals surface area contributed by atoms with Crippen molar-refractivity contribution in [1.29, 1.82) is 0 Å². The van der Waals surface area contributed by atoms with Crippen LogP contribution in [-0.2, 0) is 31.9 Å². The quantitative estimate of drug-likeness (QED) is 0.118. The third-order valence-electron chi connectivity index (χ3n) is 11.6. The predicted octanol–water partition coefficient (Wildman–Crippen LogP) is 14.6. The SMILES string of the molecule is CC(C)(C)c1cc(Oc2[c-]c3c(cc2)c2ccccc2n3-c2cc(C(C)(C)C)ccn2)[c-]c([N+]2=C=[N+](c3c(-c4ccccc4)cccc3-c3cc(F)cc(F)c3)c3ccccc32)c1.[Pt+2]. The monoisotopic (exact) mass is 1020 g/mol. The topological polar surface area (TPSA) is 33.1 Å². The summed E-state index contributed by atoms with van der Waals surface area (Å²) in [4.78, 5) is 4.85. The average Bonchev–Trinajstić information content (AvgIpc) is 3.81. The van der Waals surface area contributed by atoms with Crippen LogP contribution in [0.25, 0.3) is 49.9 Å². The first-order chi connectivity index (χ1) is 30.3.